The molecule has 6 heteroatoms. The molecule has 0 aliphatic carbocycles. The molecule has 152 valence electrons. The van der Waals surface area contributed by atoms with Crippen molar-refractivity contribution in [1.82, 2.24) is 20.0 Å². The van der Waals surface area contributed by atoms with Gasteiger partial charge < -0.3 is 10.2 Å². The number of aromatic nitrogens is 2. The van der Waals surface area contributed by atoms with E-state index in [4.69, 9.17) is 5.10 Å². The van der Waals surface area contributed by atoms with Gasteiger partial charge in [-0.05, 0) is 44.5 Å². The number of piperidine rings is 1. The Hall–Kier alpha value is -2.63. The Morgan fingerprint density at radius 1 is 1.03 bits per heavy atom. The highest BCUT2D eigenvalue weighted by Crippen LogP contribution is 2.26. The Kier molecular flexibility index (Phi) is 7.07. The van der Waals surface area contributed by atoms with Crippen molar-refractivity contribution in [2.45, 2.75) is 12.8 Å². The van der Waals surface area contributed by atoms with Crippen molar-refractivity contribution in [3.63, 3.8) is 0 Å². The minimum Gasteiger partial charge on any atom is -0.339 e. The van der Waals surface area contributed by atoms with Gasteiger partial charge in [0.05, 0.1) is 11.3 Å². The summed E-state index contributed by atoms with van der Waals surface area (Å²) >= 11 is 0. The molecule has 1 saturated heterocycles. The van der Waals surface area contributed by atoms with E-state index in [0.717, 1.165) is 49.4 Å². The zero-order valence-corrected chi connectivity index (χ0v) is 17.4. The lowest BCUT2D eigenvalue weighted by atomic mass is 9.96. The lowest BCUT2D eigenvalue weighted by Crippen LogP contribution is -2.40. The van der Waals surface area contributed by atoms with E-state index in [1.165, 1.54) is 0 Å². The van der Waals surface area contributed by atoms with Crippen LogP contribution in [-0.4, -0.2) is 47.3 Å². The van der Waals surface area contributed by atoms with Crippen LogP contribution < -0.4 is 5.32 Å². The molecule has 0 atom stereocenters. The largest absolute Gasteiger partial charge is 0.339 e. The Morgan fingerprint density at radius 3 is 2.28 bits per heavy atom. The van der Waals surface area contributed by atoms with Crippen molar-refractivity contribution in [2.75, 3.05) is 26.7 Å². The molecule has 1 aliphatic rings. The van der Waals surface area contributed by atoms with E-state index in [2.05, 4.69) is 5.32 Å². The maximum atomic E-state index is 13.4. The molecule has 1 aromatic heterocycles. The van der Waals surface area contributed by atoms with Crippen LogP contribution in [0, 0.1) is 5.92 Å². The van der Waals surface area contributed by atoms with E-state index in [-0.39, 0.29) is 18.3 Å². The second-order valence-corrected chi connectivity index (χ2v) is 7.33. The number of hydrogen-bond acceptors (Lipinski definition) is 3. The van der Waals surface area contributed by atoms with E-state index in [0.29, 0.717) is 11.5 Å². The van der Waals surface area contributed by atoms with Crippen molar-refractivity contribution in [2.24, 2.45) is 5.92 Å². The van der Waals surface area contributed by atoms with Crippen LogP contribution in [0.4, 0.5) is 0 Å². The van der Waals surface area contributed by atoms with E-state index in [1.807, 2.05) is 83.5 Å². The molecule has 2 heterocycles. The van der Waals surface area contributed by atoms with Gasteiger partial charge in [-0.1, -0.05) is 48.5 Å². The molecule has 1 fully saturated rings. The second-order valence-electron chi connectivity index (χ2n) is 7.33. The quantitative estimate of drug-likeness (QED) is 0.690. The van der Waals surface area contributed by atoms with Crippen molar-refractivity contribution >= 4 is 18.3 Å². The maximum Gasteiger partial charge on any atom is 0.257 e. The summed E-state index contributed by atoms with van der Waals surface area (Å²) in [6.07, 6.45) is 3.96. The third kappa shape index (κ3) is 4.69. The molecular weight excluding hydrogens is 384 g/mol. The molecule has 29 heavy (non-hydrogen) atoms. The van der Waals surface area contributed by atoms with Crippen LogP contribution >= 0.6 is 12.4 Å². The SMILES string of the molecule is CNCC1CCN(C(=O)c2cn(-c3ccccc3)nc2-c2ccccc2)CC1.Cl. The monoisotopic (exact) mass is 410 g/mol. The van der Waals surface area contributed by atoms with Gasteiger partial charge in [0.15, 0.2) is 0 Å². The zero-order chi connectivity index (χ0) is 19.3. The molecule has 1 amide bonds. The molecule has 5 nitrogen and oxygen atoms in total. The molecule has 0 bridgehead atoms. The summed E-state index contributed by atoms with van der Waals surface area (Å²) in [6.45, 7) is 2.62. The standard InChI is InChI=1S/C23H26N4O.ClH/c1-24-16-18-12-14-26(15-13-18)23(28)21-17-27(20-10-6-3-7-11-20)25-22(21)19-8-4-2-5-9-19;/h2-11,17-18,24H,12-16H2,1H3;1H. The smallest absolute Gasteiger partial charge is 0.257 e. The highest BCUT2D eigenvalue weighted by Gasteiger charge is 2.27. The van der Waals surface area contributed by atoms with Crippen LogP contribution in [0.3, 0.4) is 0 Å². The summed E-state index contributed by atoms with van der Waals surface area (Å²) < 4.78 is 1.81. The highest BCUT2D eigenvalue weighted by atomic mass is 35.5. The molecule has 1 N–H and O–H groups in total. The third-order valence-corrected chi connectivity index (χ3v) is 5.41. The van der Waals surface area contributed by atoms with Crippen LogP contribution in [0.2, 0.25) is 0 Å². The number of nitrogens with one attached hydrogen (secondary N) is 1. The van der Waals surface area contributed by atoms with Gasteiger partial charge in [-0.2, -0.15) is 5.10 Å². The lowest BCUT2D eigenvalue weighted by Gasteiger charge is -2.31. The number of para-hydroxylation sites is 1. The van der Waals surface area contributed by atoms with Gasteiger partial charge in [0.2, 0.25) is 0 Å². The van der Waals surface area contributed by atoms with Gasteiger partial charge in [0.25, 0.3) is 5.91 Å². The first-order chi connectivity index (χ1) is 13.8. The molecule has 0 saturated carbocycles. The average Bonchev–Trinajstić information content (AvgIpc) is 3.21. The van der Waals surface area contributed by atoms with E-state index in [1.54, 1.807) is 0 Å². The summed E-state index contributed by atoms with van der Waals surface area (Å²) in [5, 5.41) is 8.02. The zero-order valence-electron chi connectivity index (χ0n) is 16.6. The van der Waals surface area contributed by atoms with Crippen LogP contribution in [0.1, 0.15) is 23.2 Å². The van der Waals surface area contributed by atoms with Crippen LogP contribution in [0.25, 0.3) is 16.9 Å². The summed E-state index contributed by atoms with van der Waals surface area (Å²) in [6, 6.07) is 19.9. The predicted molar refractivity (Wildman–Crippen MR) is 119 cm³/mol. The van der Waals surface area contributed by atoms with Gasteiger partial charge in [0, 0.05) is 24.8 Å². The number of rotatable bonds is 5. The lowest BCUT2D eigenvalue weighted by molar-refractivity contribution is 0.0691. The first-order valence-corrected chi connectivity index (χ1v) is 9.90. The number of nitrogens with zero attached hydrogens (tertiary/aromatic N) is 3. The van der Waals surface area contributed by atoms with E-state index < -0.39 is 0 Å². The fourth-order valence-corrected chi connectivity index (χ4v) is 3.85. The first kappa shape index (κ1) is 21.1. The fraction of sp³-hybridized carbons (Fsp3) is 0.304. The molecule has 4 rings (SSSR count). The third-order valence-electron chi connectivity index (χ3n) is 5.41. The Morgan fingerprint density at radius 2 is 1.66 bits per heavy atom. The van der Waals surface area contributed by atoms with Crippen molar-refractivity contribution in [1.29, 1.82) is 0 Å². The Labute approximate surface area is 178 Å². The van der Waals surface area contributed by atoms with Crippen LogP contribution in [0.15, 0.2) is 66.9 Å². The molecule has 0 radical (unpaired) electrons. The van der Waals surface area contributed by atoms with Gasteiger partial charge >= 0.3 is 0 Å². The van der Waals surface area contributed by atoms with Crippen molar-refractivity contribution in [3.8, 4) is 16.9 Å². The van der Waals surface area contributed by atoms with E-state index in [9.17, 15) is 4.79 Å². The Balaban J connectivity index is 0.00000240. The molecule has 0 unspecified atom stereocenters. The van der Waals surface area contributed by atoms with Gasteiger partial charge in [-0.3, -0.25) is 4.79 Å². The first-order valence-electron chi connectivity index (χ1n) is 9.90. The molecule has 0 spiro atoms. The minimum absolute atomic E-state index is 0. The van der Waals surface area contributed by atoms with Crippen molar-refractivity contribution < 1.29 is 4.79 Å². The average molecular weight is 411 g/mol. The van der Waals surface area contributed by atoms with Crippen LogP contribution in [-0.2, 0) is 0 Å². The fourth-order valence-electron chi connectivity index (χ4n) is 3.85. The Bertz CT molecular complexity index is 919. The number of halogens is 1. The summed E-state index contributed by atoms with van der Waals surface area (Å²) in [5.74, 6) is 0.721. The van der Waals surface area contributed by atoms with Gasteiger partial charge in [-0.15, -0.1) is 12.4 Å². The number of carbonyl (C=O) groups excluding carboxylic acids is 1. The topological polar surface area (TPSA) is 50.2 Å². The number of carbonyl (C=O) groups is 1. The van der Waals surface area contributed by atoms with Gasteiger partial charge in [0.1, 0.15) is 5.69 Å². The molecule has 1 aliphatic heterocycles. The summed E-state index contributed by atoms with van der Waals surface area (Å²) in [5.41, 5.74) is 3.32. The number of hydrogen-bond donors (Lipinski definition) is 1. The minimum atomic E-state index is 0. The number of amides is 1. The predicted octanol–water partition coefficient (Wildman–Crippen LogP) is 4.03. The van der Waals surface area contributed by atoms with Crippen molar-refractivity contribution in [3.05, 3.63) is 72.4 Å². The number of likely N-dealkylation sites (tertiary alicyclic amines) is 1. The number of benzene rings is 2. The second kappa shape index (κ2) is 9.72. The van der Waals surface area contributed by atoms with Crippen LogP contribution in [0.5, 0.6) is 0 Å². The normalized spacial score (nSPS) is 14.4. The summed E-state index contributed by atoms with van der Waals surface area (Å²) in [4.78, 5) is 15.3. The molecular formula is C23H27ClN4O. The van der Waals surface area contributed by atoms with E-state index >= 15 is 0 Å². The maximum absolute atomic E-state index is 13.4. The van der Waals surface area contributed by atoms with Gasteiger partial charge in [-0.25, -0.2) is 4.68 Å². The molecule has 2 aromatic carbocycles. The highest BCUT2D eigenvalue weighted by molar-refractivity contribution is 6.00. The summed E-state index contributed by atoms with van der Waals surface area (Å²) in [7, 11) is 1.99. The molecule has 3 aromatic rings.